The number of hydrogen-bond acceptors (Lipinski definition) is 3. The van der Waals surface area contributed by atoms with Crippen LogP contribution in [-0.4, -0.2) is 12.8 Å². The number of ether oxygens (including phenoxy) is 1. The van der Waals surface area contributed by atoms with Crippen molar-refractivity contribution in [2.45, 2.75) is 12.5 Å². The van der Waals surface area contributed by atoms with E-state index in [1.54, 1.807) is 31.4 Å². The summed E-state index contributed by atoms with van der Waals surface area (Å²) in [5.41, 5.74) is 3.70. The summed E-state index contributed by atoms with van der Waals surface area (Å²) in [6.45, 7) is 0. The summed E-state index contributed by atoms with van der Waals surface area (Å²) in [7, 11) is 1.64. The van der Waals surface area contributed by atoms with Gasteiger partial charge in [-0.3, -0.25) is 5.01 Å². The molecule has 1 atom stereocenters. The Balaban J connectivity index is 1.74. The monoisotopic (exact) mass is 414 g/mol. The highest BCUT2D eigenvalue weighted by Gasteiger charge is 2.30. The third kappa shape index (κ3) is 3.71. The predicted octanol–water partition coefficient (Wildman–Crippen LogP) is 6.50. The number of nitrogens with zero attached hydrogens (tertiary/aromatic N) is 2. The molecule has 0 N–H and O–H groups in total. The lowest BCUT2D eigenvalue weighted by molar-refractivity contribution is 0.414. The Morgan fingerprint density at radius 1 is 0.964 bits per heavy atom. The van der Waals surface area contributed by atoms with E-state index in [9.17, 15) is 4.39 Å². The van der Waals surface area contributed by atoms with E-state index in [1.807, 2.05) is 35.3 Å². The van der Waals surface area contributed by atoms with Gasteiger partial charge in [0, 0.05) is 6.42 Å². The Kier molecular flexibility index (Phi) is 5.25. The second-order valence-corrected chi connectivity index (χ2v) is 7.30. The molecule has 6 heteroatoms. The molecule has 1 aliphatic heterocycles. The van der Waals surface area contributed by atoms with Crippen LogP contribution in [0.25, 0.3) is 0 Å². The number of methoxy groups -OCH3 is 1. The van der Waals surface area contributed by atoms with Crippen LogP contribution in [0, 0.1) is 5.82 Å². The van der Waals surface area contributed by atoms with Gasteiger partial charge in [0.25, 0.3) is 0 Å². The van der Waals surface area contributed by atoms with Crippen LogP contribution in [0.2, 0.25) is 10.0 Å². The van der Waals surface area contributed by atoms with Gasteiger partial charge >= 0.3 is 0 Å². The Bertz CT molecular complexity index is 1020. The van der Waals surface area contributed by atoms with Crippen LogP contribution in [0.5, 0.6) is 5.75 Å². The first-order valence-electron chi connectivity index (χ1n) is 8.77. The molecule has 0 fully saturated rings. The van der Waals surface area contributed by atoms with E-state index in [-0.39, 0.29) is 11.9 Å². The zero-order valence-electron chi connectivity index (χ0n) is 15.1. The van der Waals surface area contributed by atoms with Gasteiger partial charge in [-0.2, -0.15) is 5.10 Å². The minimum atomic E-state index is -0.268. The second kappa shape index (κ2) is 7.82. The minimum Gasteiger partial charge on any atom is -0.497 e. The van der Waals surface area contributed by atoms with Crippen molar-refractivity contribution >= 4 is 34.6 Å². The number of halogens is 3. The molecule has 3 aromatic rings. The van der Waals surface area contributed by atoms with Gasteiger partial charge in [0.1, 0.15) is 11.6 Å². The molecular weight excluding hydrogens is 398 g/mol. The van der Waals surface area contributed by atoms with Crippen molar-refractivity contribution < 1.29 is 9.13 Å². The lowest BCUT2D eigenvalue weighted by atomic mass is 9.98. The zero-order chi connectivity index (χ0) is 19.7. The largest absolute Gasteiger partial charge is 0.497 e. The number of anilines is 1. The average molecular weight is 415 g/mol. The van der Waals surface area contributed by atoms with Crippen molar-refractivity contribution in [3.8, 4) is 5.75 Å². The minimum absolute atomic E-state index is 0.0248. The maximum atomic E-state index is 13.3. The fourth-order valence-electron chi connectivity index (χ4n) is 3.28. The third-order valence-electron chi connectivity index (χ3n) is 4.76. The molecule has 0 radical (unpaired) electrons. The Morgan fingerprint density at radius 3 is 2.32 bits per heavy atom. The second-order valence-electron chi connectivity index (χ2n) is 6.49. The fourth-order valence-corrected chi connectivity index (χ4v) is 3.57. The topological polar surface area (TPSA) is 24.8 Å². The molecule has 1 aliphatic rings. The quantitative estimate of drug-likeness (QED) is 0.486. The molecule has 28 heavy (non-hydrogen) atoms. The van der Waals surface area contributed by atoms with E-state index in [0.717, 1.165) is 28.3 Å². The lowest BCUT2D eigenvalue weighted by Gasteiger charge is -2.24. The van der Waals surface area contributed by atoms with Crippen molar-refractivity contribution in [2.24, 2.45) is 5.10 Å². The van der Waals surface area contributed by atoms with Crippen LogP contribution in [0.3, 0.4) is 0 Å². The Morgan fingerprint density at radius 2 is 1.68 bits per heavy atom. The summed E-state index contributed by atoms with van der Waals surface area (Å²) in [6, 6.07) is 19.7. The molecule has 0 saturated carbocycles. The molecule has 0 bridgehead atoms. The number of benzene rings is 3. The summed E-state index contributed by atoms with van der Waals surface area (Å²) in [5.74, 6) is 0.526. The SMILES string of the molecule is COc1ccc([C@H]2CC(c3ccc(F)cc3)=NN2c2ccc(Cl)c(Cl)c2)cc1. The Hall–Kier alpha value is -2.56. The van der Waals surface area contributed by atoms with Gasteiger partial charge in [-0.1, -0.05) is 47.5 Å². The van der Waals surface area contributed by atoms with Crippen molar-refractivity contribution in [2.75, 3.05) is 12.1 Å². The standard InChI is InChI=1S/C22H17Cl2FN2O/c1-28-18-9-4-15(5-10-18)22-13-21(14-2-6-16(25)7-3-14)26-27(22)17-8-11-19(23)20(24)12-17/h2-12,22H,13H2,1H3/t22-/m1/s1. The van der Waals surface area contributed by atoms with Crippen LogP contribution in [0.1, 0.15) is 23.6 Å². The molecule has 0 saturated heterocycles. The highest BCUT2D eigenvalue weighted by atomic mass is 35.5. The lowest BCUT2D eigenvalue weighted by Crippen LogP contribution is -2.18. The molecule has 0 spiro atoms. The molecule has 0 aromatic heterocycles. The van der Waals surface area contributed by atoms with Crippen molar-refractivity contribution in [3.05, 3.63) is 93.7 Å². The van der Waals surface area contributed by atoms with Gasteiger partial charge < -0.3 is 4.74 Å². The van der Waals surface area contributed by atoms with E-state index in [2.05, 4.69) is 0 Å². The molecule has 3 aromatic carbocycles. The van der Waals surface area contributed by atoms with Crippen molar-refractivity contribution in [1.29, 1.82) is 0 Å². The normalized spacial score (nSPS) is 16.2. The first kappa shape index (κ1) is 18.8. The van der Waals surface area contributed by atoms with Crippen molar-refractivity contribution in [3.63, 3.8) is 0 Å². The highest BCUT2D eigenvalue weighted by molar-refractivity contribution is 6.42. The first-order valence-corrected chi connectivity index (χ1v) is 9.52. The smallest absolute Gasteiger partial charge is 0.123 e. The molecule has 0 unspecified atom stereocenters. The molecule has 0 aliphatic carbocycles. The molecule has 3 nitrogen and oxygen atoms in total. The van der Waals surface area contributed by atoms with Gasteiger partial charge in [0.15, 0.2) is 0 Å². The maximum Gasteiger partial charge on any atom is 0.123 e. The van der Waals surface area contributed by atoms with E-state index in [0.29, 0.717) is 16.5 Å². The van der Waals surface area contributed by atoms with Gasteiger partial charge in [0.2, 0.25) is 0 Å². The van der Waals surface area contributed by atoms with E-state index >= 15 is 0 Å². The number of rotatable bonds is 4. The van der Waals surface area contributed by atoms with Crippen LogP contribution >= 0.6 is 23.2 Å². The predicted molar refractivity (Wildman–Crippen MR) is 112 cm³/mol. The van der Waals surface area contributed by atoms with E-state index < -0.39 is 0 Å². The number of hydrazone groups is 1. The van der Waals surface area contributed by atoms with Crippen LogP contribution < -0.4 is 9.75 Å². The summed E-state index contributed by atoms with van der Waals surface area (Å²) < 4.78 is 18.6. The summed E-state index contributed by atoms with van der Waals surface area (Å²) >= 11 is 12.3. The van der Waals surface area contributed by atoms with Gasteiger partial charge in [-0.15, -0.1) is 0 Å². The molecular formula is C22H17Cl2FN2O. The van der Waals surface area contributed by atoms with Gasteiger partial charge in [-0.05, 0) is 53.6 Å². The van der Waals surface area contributed by atoms with Crippen LogP contribution in [0.4, 0.5) is 10.1 Å². The molecule has 4 rings (SSSR count). The third-order valence-corrected chi connectivity index (χ3v) is 5.50. The molecule has 142 valence electrons. The highest BCUT2D eigenvalue weighted by Crippen LogP contribution is 2.39. The van der Waals surface area contributed by atoms with Gasteiger partial charge in [-0.25, -0.2) is 4.39 Å². The van der Waals surface area contributed by atoms with E-state index in [4.69, 9.17) is 33.0 Å². The summed E-state index contributed by atoms with van der Waals surface area (Å²) in [6.07, 6.45) is 0.679. The van der Waals surface area contributed by atoms with Gasteiger partial charge in [0.05, 0.1) is 34.6 Å². The zero-order valence-corrected chi connectivity index (χ0v) is 16.6. The first-order chi connectivity index (χ1) is 13.5. The average Bonchev–Trinajstić information content (AvgIpc) is 3.16. The van der Waals surface area contributed by atoms with Crippen LogP contribution in [0.15, 0.2) is 71.8 Å². The molecule has 1 heterocycles. The summed E-state index contributed by atoms with van der Waals surface area (Å²) in [5, 5.41) is 7.72. The van der Waals surface area contributed by atoms with Crippen molar-refractivity contribution in [1.82, 2.24) is 0 Å². The maximum absolute atomic E-state index is 13.3. The van der Waals surface area contributed by atoms with Crippen LogP contribution in [-0.2, 0) is 0 Å². The molecule has 0 amide bonds. The Labute approximate surface area is 173 Å². The number of hydrogen-bond donors (Lipinski definition) is 0. The fraction of sp³-hybridized carbons (Fsp3) is 0.136. The summed E-state index contributed by atoms with van der Waals surface area (Å²) in [4.78, 5) is 0. The van der Waals surface area contributed by atoms with E-state index in [1.165, 1.54) is 12.1 Å².